The summed E-state index contributed by atoms with van der Waals surface area (Å²) in [5.74, 6) is -0.540. The van der Waals surface area contributed by atoms with Crippen molar-refractivity contribution in [2.45, 2.75) is 38.8 Å². The van der Waals surface area contributed by atoms with Gasteiger partial charge in [0.1, 0.15) is 4.90 Å². The van der Waals surface area contributed by atoms with Gasteiger partial charge in [0.05, 0.1) is 5.69 Å². The highest BCUT2D eigenvalue weighted by atomic mass is 32.2. The van der Waals surface area contributed by atoms with E-state index in [2.05, 4.69) is 5.10 Å². The zero-order chi connectivity index (χ0) is 21.6. The maximum atomic E-state index is 13.2. The first kappa shape index (κ1) is 20.9. The molecule has 1 aromatic heterocycles. The number of halogens is 3. The number of nitrogens with zero attached hydrogens (tertiary/aromatic N) is 2. The molecule has 0 aliphatic rings. The van der Waals surface area contributed by atoms with Crippen LogP contribution in [0.3, 0.4) is 0 Å². The van der Waals surface area contributed by atoms with Gasteiger partial charge in [0, 0.05) is 6.07 Å². The number of aromatic nitrogens is 2. The van der Waals surface area contributed by atoms with Gasteiger partial charge >= 0.3 is 16.3 Å². The fourth-order valence-electron chi connectivity index (χ4n) is 3.22. The molecule has 0 amide bonds. The van der Waals surface area contributed by atoms with Crippen LogP contribution in [0.25, 0.3) is 5.69 Å². The van der Waals surface area contributed by atoms with Crippen molar-refractivity contribution in [1.29, 1.82) is 0 Å². The second-order valence-corrected chi connectivity index (χ2v) is 8.36. The molecule has 0 saturated carbocycles. The minimum absolute atomic E-state index is 0.0753. The van der Waals surface area contributed by atoms with Gasteiger partial charge in [0.15, 0.2) is 5.69 Å². The number of benzene rings is 2. The van der Waals surface area contributed by atoms with Crippen molar-refractivity contribution in [2.75, 3.05) is 0 Å². The minimum Gasteiger partial charge on any atom is -0.358 e. The van der Waals surface area contributed by atoms with Crippen molar-refractivity contribution in [1.82, 2.24) is 9.78 Å². The van der Waals surface area contributed by atoms with E-state index < -0.39 is 27.9 Å². The Morgan fingerprint density at radius 2 is 1.55 bits per heavy atom. The smallest absolute Gasteiger partial charge is 0.358 e. The van der Waals surface area contributed by atoms with E-state index in [4.69, 9.17) is 4.18 Å². The molecule has 0 N–H and O–H groups in total. The second-order valence-electron chi connectivity index (χ2n) is 6.88. The van der Waals surface area contributed by atoms with E-state index in [1.807, 2.05) is 6.92 Å². The highest BCUT2D eigenvalue weighted by Crippen LogP contribution is 2.34. The number of hydrogen-bond acceptors (Lipinski definition) is 4. The van der Waals surface area contributed by atoms with Gasteiger partial charge in [-0.15, -0.1) is 0 Å². The van der Waals surface area contributed by atoms with E-state index in [1.54, 1.807) is 51.1 Å². The molecule has 29 heavy (non-hydrogen) atoms. The van der Waals surface area contributed by atoms with Crippen LogP contribution in [0.4, 0.5) is 13.2 Å². The first-order valence-corrected chi connectivity index (χ1v) is 10.1. The molecule has 0 unspecified atom stereocenters. The molecule has 0 radical (unpaired) electrons. The molecule has 0 atom stereocenters. The zero-order valence-electron chi connectivity index (χ0n) is 16.2. The molecule has 1 heterocycles. The van der Waals surface area contributed by atoms with Crippen molar-refractivity contribution >= 4 is 10.1 Å². The van der Waals surface area contributed by atoms with Gasteiger partial charge in [0.25, 0.3) is 0 Å². The number of aryl methyl sites for hydroxylation is 4. The molecule has 0 saturated heterocycles. The van der Waals surface area contributed by atoms with Crippen molar-refractivity contribution < 1.29 is 25.8 Å². The molecule has 9 heteroatoms. The summed E-state index contributed by atoms with van der Waals surface area (Å²) in [6.45, 7) is 6.79. The molecule has 0 aliphatic heterocycles. The van der Waals surface area contributed by atoms with Crippen molar-refractivity contribution in [3.8, 4) is 11.6 Å². The summed E-state index contributed by atoms with van der Waals surface area (Å²) in [4.78, 5) is -0.0753. The number of alkyl halides is 3. The van der Waals surface area contributed by atoms with Crippen LogP contribution in [-0.2, 0) is 16.3 Å². The summed E-state index contributed by atoms with van der Waals surface area (Å²) >= 11 is 0. The molecule has 0 aliphatic carbocycles. The van der Waals surface area contributed by atoms with Crippen molar-refractivity contribution in [2.24, 2.45) is 0 Å². The largest absolute Gasteiger partial charge is 0.435 e. The molecule has 2 aromatic carbocycles. The van der Waals surface area contributed by atoms with Crippen molar-refractivity contribution in [3.63, 3.8) is 0 Å². The maximum Gasteiger partial charge on any atom is 0.435 e. The van der Waals surface area contributed by atoms with Crippen LogP contribution < -0.4 is 4.18 Å². The van der Waals surface area contributed by atoms with Crippen LogP contribution in [0, 0.1) is 27.7 Å². The fraction of sp³-hybridized carbons (Fsp3) is 0.250. The fourth-order valence-corrected chi connectivity index (χ4v) is 4.56. The van der Waals surface area contributed by atoms with Gasteiger partial charge in [-0.2, -0.15) is 31.4 Å². The van der Waals surface area contributed by atoms with E-state index in [9.17, 15) is 21.6 Å². The van der Waals surface area contributed by atoms with Crippen LogP contribution in [0.15, 0.2) is 47.4 Å². The summed E-state index contributed by atoms with van der Waals surface area (Å²) < 4.78 is 71.5. The molecule has 0 fully saturated rings. The van der Waals surface area contributed by atoms with Crippen LogP contribution in [0.5, 0.6) is 5.88 Å². The first-order chi connectivity index (χ1) is 13.4. The second kappa shape index (κ2) is 7.22. The molecule has 154 valence electrons. The average Bonchev–Trinajstić information content (AvgIpc) is 2.96. The van der Waals surface area contributed by atoms with Gasteiger partial charge in [-0.25, -0.2) is 0 Å². The Hall–Kier alpha value is -2.81. The lowest BCUT2D eigenvalue weighted by Crippen LogP contribution is -2.15. The van der Waals surface area contributed by atoms with Crippen LogP contribution in [0.2, 0.25) is 0 Å². The SMILES string of the molecule is Cc1cccc(-n2nc(C(F)(F)F)cc2OS(=O)(=O)c2c(C)cc(C)cc2C)c1. The molecule has 5 nitrogen and oxygen atoms in total. The summed E-state index contributed by atoms with van der Waals surface area (Å²) in [6, 6.07) is 10.4. The predicted molar refractivity (Wildman–Crippen MR) is 102 cm³/mol. The van der Waals surface area contributed by atoms with Gasteiger partial charge in [-0.3, -0.25) is 0 Å². The maximum absolute atomic E-state index is 13.2. The molecule has 0 bridgehead atoms. The Morgan fingerprint density at radius 1 is 0.931 bits per heavy atom. The van der Waals surface area contributed by atoms with E-state index >= 15 is 0 Å². The quantitative estimate of drug-likeness (QED) is 0.560. The number of hydrogen-bond donors (Lipinski definition) is 0. The van der Waals surface area contributed by atoms with Crippen LogP contribution in [-0.4, -0.2) is 18.2 Å². The lowest BCUT2D eigenvalue weighted by atomic mass is 10.1. The molecule has 3 rings (SSSR count). The van der Waals surface area contributed by atoms with E-state index in [0.29, 0.717) is 17.2 Å². The third-order valence-corrected chi connectivity index (χ3v) is 5.80. The summed E-state index contributed by atoms with van der Waals surface area (Å²) in [7, 11) is -4.39. The third kappa shape index (κ3) is 4.29. The Balaban J connectivity index is 2.15. The summed E-state index contributed by atoms with van der Waals surface area (Å²) in [6.07, 6.45) is -4.76. The highest BCUT2D eigenvalue weighted by molar-refractivity contribution is 7.87. The monoisotopic (exact) mass is 424 g/mol. The Morgan fingerprint density at radius 3 is 2.10 bits per heavy atom. The van der Waals surface area contributed by atoms with Gasteiger partial charge in [-0.05, 0) is 56.5 Å². The number of rotatable bonds is 4. The predicted octanol–water partition coefficient (Wildman–Crippen LogP) is 4.89. The Kier molecular flexibility index (Phi) is 5.20. The van der Waals surface area contributed by atoms with Crippen molar-refractivity contribution in [3.05, 3.63) is 70.4 Å². The average molecular weight is 424 g/mol. The topological polar surface area (TPSA) is 61.2 Å². The molecular weight excluding hydrogens is 405 g/mol. The highest BCUT2D eigenvalue weighted by Gasteiger charge is 2.36. The van der Waals surface area contributed by atoms with E-state index in [-0.39, 0.29) is 10.6 Å². The molecular formula is C20H19F3N2O3S. The van der Waals surface area contributed by atoms with Gasteiger partial charge in [-0.1, -0.05) is 29.8 Å². The molecule has 0 spiro atoms. The van der Waals surface area contributed by atoms with Gasteiger partial charge < -0.3 is 4.18 Å². The molecule has 3 aromatic rings. The standard InChI is InChI=1S/C20H19F3N2O3S/c1-12-6-5-7-16(10-12)25-18(11-17(24-25)20(21,22)23)28-29(26,27)19-14(3)8-13(2)9-15(19)4/h5-11H,1-4H3. The Bertz CT molecular complexity index is 1160. The van der Waals surface area contributed by atoms with Crippen LogP contribution >= 0.6 is 0 Å². The third-order valence-electron chi connectivity index (χ3n) is 4.26. The lowest BCUT2D eigenvalue weighted by molar-refractivity contribution is -0.141. The summed E-state index contributed by atoms with van der Waals surface area (Å²) in [5, 5.41) is 3.53. The van der Waals surface area contributed by atoms with Crippen LogP contribution in [0.1, 0.15) is 27.9 Å². The Labute approximate surface area is 166 Å². The van der Waals surface area contributed by atoms with Gasteiger partial charge in [0.2, 0.25) is 5.88 Å². The normalized spacial score (nSPS) is 12.2. The lowest BCUT2D eigenvalue weighted by Gasteiger charge is -2.14. The zero-order valence-corrected chi connectivity index (χ0v) is 17.0. The summed E-state index contributed by atoms with van der Waals surface area (Å²) in [5.41, 5.74) is 1.53. The van der Waals surface area contributed by atoms with E-state index in [1.165, 1.54) is 6.07 Å². The minimum atomic E-state index is -4.76. The first-order valence-electron chi connectivity index (χ1n) is 8.65. The van der Waals surface area contributed by atoms with E-state index in [0.717, 1.165) is 15.8 Å².